The molecule has 1 saturated carbocycles. The van der Waals surface area contributed by atoms with Crippen LogP contribution < -0.4 is 10.2 Å². The molecule has 0 radical (unpaired) electrons. The Bertz CT molecular complexity index is 1220. The van der Waals surface area contributed by atoms with Gasteiger partial charge in [0, 0.05) is 31.6 Å². The summed E-state index contributed by atoms with van der Waals surface area (Å²) >= 11 is 0. The molecule has 1 aromatic carbocycles. The molecule has 2 aromatic heterocycles. The molecule has 186 valence electrons. The molecule has 1 aliphatic carbocycles. The van der Waals surface area contributed by atoms with Crippen molar-refractivity contribution in [2.24, 2.45) is 11.8 Å². The summed E-state index contributed by atoms with van der Waals surface area (Å²) in [4.78, 5) is 11.2. The zero-order valence-corrected chi connectivity index (χ0v) is 19.1. The van der Waals surface area contributed by atoms with Crippen molar-refractivity contribution < 1.29 is 22.1 Å². The Labute approximate surface area is 198 Å². The molecule has 3 unspecified atom stereocenters. The summed E-state index contributed by atoms with van der Waals surface area (Å²) in [6.07, 6.45) is -1.22. The molecule has 1 N–H and O–H groups in total. The topological polar surface area (TPSA) is 84.9 Å². The monoisotopic (exact) mass is 491 g/mol. The number of fused-ring (bicyclic) bond motifs is 3. The largest absolute Gasteiger partial charge is 0.419 e. The molecular formula is C23H25F4N7O. The van der Waals surface area contributed by atoms with E-state index in [2.05, 4.69) is 25.5 Å². The number of hydrogen-bond donors (Lipinski definition) is 1. The van der Waals surface area contributed by atoms with Gasteiger partial charge in [0.25, 0.3) is 0 Å². The van der Waals surface area contributed by atoms with Gasteiger partial charge >= 0.3 is 12.2 Å². The molecule has 3 aliphatic rings. The van der Waals surface area contributed by atoms with Gasteiger partial charge < -0.3 is 14.7 Å². The van der Waals surface area contributed by atoms with Crippen LogP contribution in [0.3, 0.4) is 0 Å². The van der Waals surface area contributed by atoms with Crippen molar-refractivity contribution in [1.29, 1.82) is 0 Å². The van der Waals surface area contributed by atoms with Gasteiger partial charge in [-0.25, -0.2) is 9.07 Å². The van der Waals surface area contributed by atoms with Crippen molar-refractivity contribution in [1.82, 2.24) is 24.9 Å². The highest BCUT2D eigenvalue weighted by molar-refractivity contribution is 5.37. The molecule has 2 fully saturated rings. The second kappa shape index (κ2) is 8.20. The molecular weight excluding hydrogens is 466 g/mol. The van der Waals surface area contributed by atoms with Crippen LogP contribution in [0, 0.1) is 24.6 Å². The highest BCUT2D eigenvalue weighted by atomic mass is 19.4. The van der Waals surface area contributed by atoms with Gasteiger partial charge in [0.1, 0.15) is 11.6 Å². The van der Waals surface area contributed by atoms with Crippen molar-refractivity contribution in [2.75, 3.05) is 23.3 Å². The van der Waals surface area contributed by atoms with Crippen molar-refractivity contribution in [3.63, 3.8) is 0 Å². The predicted octanol–water partition coefficient (Wildman–Crippen LogP) is 4.38. The van der Waals surface area contributed by atoms with Crippen LogP contribution in [0.25, 0.3) is 0 Å². The Morgan fingerprint density at radius 1 is 1.09 bits per heavy atom. The molecule has 0 amide bonds. The first-order valence-electron chi connectivity index (χ1n) is 11.9. The van der Waals surface area contributed by atoms with E-state index in [4.69, 9.17) is 9.51 Å². The van der Waals surface area contributed by atoms with E-state index in [1.165, 1.54) is 6.07 Å². The minimum atomic E-state index is -4.75. The van der Waals surface area contributed by atoms with Crippen molar-refractivity contribution in [2.45, 2.75) is 57.3 Å². The van der Waals surface area contributed by atoms with E-state index in [9.17, 15) is 17.6 Å². The summed E-state index contributed by atoms with van der Waals surface area (Å²) in [5.74, 6) is 0.816. The highest BCUT2D eigenvalue weighted by Gasteiger charge is 2.44. The Morgan fingerprint density at radius 2 is 1.86 bits per heavy atom. The average molecular weight is 491 g/mol. The Hall–Kier alpha value is -3.18. The third kappa shape index (κ3) is 4.02. The van der Waals surface area contributed by atoms with Gasteiger partial charge in [-0.15, -0.1) is 5.10 Å². The van der Waals surface area contributed by atoms with E-state index >= 15 is 0 Å². The fourth-order valence-electron chi connectivity index (χ4n) is 5.88. The second-order valence-electron chi connectivity index (χ2n) is 9.75. The lowest BCUT2D eigenvalue weighted by atomic mass is 9.90. The van der Waals surface area contributed by atoms with Crippen molar-refractivity contribution in [3.8, 4) is 0 Å². The summed E-state index contributed by atoms with van der Waals surface area (Å²) in [5, 5.41) is 12.0. The summed E-state index contributed by atoms with van der Waals surface area (Å²) in [5.41, 5.74) is -0.841. The third-order valence-corrected chi connectivity index (χ3v) is 7.49. The van der Waals surface area contributed by atoms with Crippen LogP contribution in [0.4, 0.5) is 29.5 Å². The number of alkyl halides is 3. The van der Waals surface area contributed by atoms with Crippen molar-refractivity contribution >= 4 is 12.0 Å². The van der Waals surface area contributed by atoms with Gasteiger partial charge in [-0.2, -0.15) is 23.1 Å². The first kappa shape index (κ1) is 22.3. The van der Waals surface area contributed by atoms with Crippen LogP contribution >= 0.6 is 0 Å². The Morgan fingerprint density at radius 3 is 2.54 bits per heavy atom. The van der Waals surface area contributed by atoms with Gasteiger partial charge in [-0.1, -0.05) is 11.2 Å². The molecule has 6 rings (SSSR count). The Balaban J connectivity index is 1.22. The number of aromatic nitrogens is 5. The molecule has 4 heterocycles. The van der Waals surface area contributed by atoms with Crippen LogP contribution in [-0.4, -0.2) is 44.0 Å². The maximum Gasteiger partial charge on any atom is 0.419 e. The lowest BCUT2D eigenvalue weighted by Crippen LogP contribution is -2.48. The van der Waals surface area contributed by atoms with E-state index in [0.717, 1.165) is 44.5 Å². The smallest absolute Gasteiger partial charge is 0.350 e. The van der Waals surface area contributed by atoms with E-state index in [-0.39, 0.29) is 12.0 Å². The zero-order valence-electron chi connectivity index (χ0n) is 19.1. The minimum absolute atomic E-state index is 0.195. The summed E-state index contributed by atoms with van der Waals surface area (Å²) < 4.78 is 60.8. The first-order chi connectivity index (χ1) is 16.8. The van der Waals surface area contributed by atoms with Crippen LogP contribution in [0.1, 0.15) is 54.4 Å². The molecule has 3 aromatic rings. The number of benzene rings is 1. The number of hydrogen-bond acceptors (Lipinski definition) is 7. The summed E-state index contributed by atoms with van der Waals surface area (Å²) in [6.45, 7) is 4.03. The fourth-order valence-corrected chi connectivity index (χ4v) is 5.88. The number of nitrogens with one attached hydrogen (secondary N) is 1. The highest BCUT2D eigenvalue weighted by Crippen LogP contribution is 2.41. The minimum Gasteiger partial charge on any atom is -0.350 e. The molecule has 2 bridgehead atoms. The maximum absolute atomic E-state index is 13.8. The first-order valence-corrected chi connectivity index (χ1v) is 11.9. The lowest BCUT2D eigenvalue weighted by molar-refractivity contribution is -0.140. The molecule has 12 heteroatoms. The van der Waals surface area contributed by atoms with Crippen LogP contribution in [-0.2, 0) is 12.7 Å². The normalized spacial score (nSPS) is 26.1. The number of aryl methyl sites for hydroxylation is 2. The van der Waals surface area contributed by atoms with Gasteiger partial charge in [0.05, 0.1) is 5.56 Å². The van der Waals surface area contributed by atoms with Crippen LogP contribution in [0.15, 0.2) is 22.7 Å². The standard InChI is InChI=1S/C23H25F4N7O/c1-12-28-22(35-32-12)33-10-14-4-5-15(11-33)19(14)29-21-30-20-16(3-2-8-34(20)31-21)13-6-7-18(24)17(9-13)23(25,26)27/h6-7,9,14-16,19H,2-5,8,10-11H2,1H3,(H,29,31). The quantitative estimate of drug-likeness (QED) is 0.542. The SMILES string of the molecule is Cc1noc(N2CC3CCC(C2)C3Nc2nc3n(n2)CCCC3c2ccc(F)c(C(F)(F)F)c2)n1. The fraction of sp³-hybridized carbons (Fsp3) is 0.565. The molecule has 0 spiro atoms. The predicted molar refractivity (Wildman–Crippen MR) is 117 cm³/mol. The van der Waals surface area contributed by atoms with E-state index < -0.39 is 17.6 Å². The number of halogens is 4. The molecule has 35 heavy (non-hydrogen) atoms. The van der Waals surface area contributed by atoms with Crippen molar-refractivity contribution in [3.05, 3.63) is 46.8 Å². The molecule has 1 saturated heterocycles. The number of rotatable bonds is 4. The summed E-state index contributed by atoms with van der Waals surface area (Å²) in [7, 11) is 0. The Kier molecular flexibility index (Phi) is 5.22. The molecule has 2 aliphatic heterocycles. The molecule has 8 nitrogen and oxygen atoms in total. The number of piperidine rings is 1. The van der Waals surface area contributed by atoms with Gasteiger partial charge in [0.15, 0.2) is 5.82 Å². The average Bonchev–Trinajstić information content (AvgIpc) is 3.48. The second-order valence-corrected chi connectivity index (χ2v) is 9.75. The zero-order chi connectivity index (χ0) is 24.3. The van der Waals surface area contributed by atoms with E-state index in [1.807, 2.05) is 0 Å². The lowest BCUT2D eigenvalue weighted by Gasteiger charge is -2.37. The number of anilines is 2. The maximum atomic E-state index is 13.8. The molecule has 3 atom stereocenters. The third-order valence-electron chi connectivity index (χ3n) is 7.49. The van der Waals surface area contributed by atoms with Gasteiger partial charge in [-0.3, -0.25) is 0 Å². The summed E-state index contributed by atoms with van der Waals surface area (Å²) in [6, 6.07) is 3.96. The number of nitrogens with zero attached hydrogens (tertiary/aromatic N) is 6. The van der Waals surface area contributed by atoms with Gasteiger partial charge in [0.2, 0.25) is 5.95 Å². The van der Waals surface area contributed by atoms with E-state index in [1.54, 1.807) is 11.6 Å². The van der Waals surface area contributed by atoms with Crippen LogP contribution in [0.2, 0.25) is 0 Å². The van der Waals surface area contributed by atoms with Crippen LogP contribution in [0.5, 0.6) is 0 Å². The van der Waals surface area contributed by atoms with Gasteiger partial charge in [-0.05, 0) is 62.1 Å². The van der Waals surface area contributed by atoms with E-state index in [0.29, 0.717) is 54.0 Å².